The molecule has 1 saturated heterocycles. The number of amides is 3. The molecule has 1 fully saturated rings. The maximum atomic E-state index is 13.2. The average molecular weight is 352 g/mol. The first-order valence-electron chi connectivity index (χ1n) is 7.82. The molecule has 0 aliphatic carbocycles. The number of pyridine rings is 1. The van der Waals surface area contributed by atoms with Crippen LogP contribution in [0, 0.1) is 5.82 Å². The highest BCUT2D eigenvalue weighted by Gasteiger charge is 2.30. The molecule has 8 nitrogen and oxygen atoms in total. The van der Waals surface area contributed by atoms with Crippen molar-refractivity contribution >= 4 is 11.9 Å². The standard InChI is InChI=1S/C17H13FN6O2/c18-12-1-3-13(4-2-12)24-14(10-23-15(25)9-20-17(23)26)21-16(22-24)11-5-7-19-8-6-11/h1-8H,9-10H2,(H,20,26). The van der Waals surface area contributed by atoms with Crippen molar-refractivity contribution in [2.75, 3.05) is 6.54 Å². The smallest absolute Gasteiger partial charge is 0.325 e. The van der Waals surface area contributed by atoms with E-state index in [-0.39, 0.29) is 24.8 Å². The van der Waals surface area contributed by atoms with E-state index in [1.165, 1.54) is 16.8 Å². The van der Waals surface area contributed by atoms with Crippen molar-refractivity contribution in [3.8, 4) is 17.1 Å². The molecule has 26 heavy (non-hydrogen) atoms. The monoisotopic (exact) mass is 352 g/mol. The van der Waals surface area contributed by atoms with Crippen LogP contribution in [-0.2, 0) is 11.3 Å². The maximum Gasteiger partial charge on any atom is 0.325 e. The Hall–Kier alpha value is -3.62. The van der Waals surface area contributed by atoms with Gasteiger partial charge in [-0.05, 0) is 36.4 Å². The number of hydrogen-bond donors (Lipinski definition) is 1. The van der Waals surface area contributed by atoms with Crippen LogP contribution in [0.2, 0.25) is 0 Å². The molecule has 0 saturated carbocycles. The second kappa shape index (κ2) is 6.36. The second-order valence-corrected chi connectivity index (χ2v) is 5.61. The van der Waals surface area contributed by atoms with Gasteiger partial charge in [0.2, 0.25) is 5.91 Å². The van der Waals surface area contributed by atoms with Gasteiger partial charge in [-0.25, -0.2) is 18.9 Å². The number of rotatable bonds is 4. The summed E-state index contributed by atoms with van der Waals surface area (Å²) in [5.74, 6) is 0.0839. The molecule has 2 aromatic heterocycles. The van der Waals surface area contributed by atoms with Crippen LogP contribution in [0.25, 0.3) is 17.1 Å². The van der Waals surface area contributed by atoms with Crippen molar-refractivity contribution in [3.05, 3.63) is 60.4 Å². The lowest BCUT2D eigenvalue weighted by atomic mass is 10.2. The molecule has 1 aliphatic heterocycles. The van der Waals surface area contributed by atoms with Crippen LogP contribution in [0.1, 0.15) is 5.82 Å². The molecule has 130 valence electrons. The Kier molecular flexibility index (Phi) is 3.88. The predicted octanol–water partition coefficient (Wildman–Crippen LogP) is 1.52. The molecule has 0 radical (unpaired) electrons. The Morgan fingerprint density at radius 2 is 1.81 bits per heavy atom. The first kappa shape index (κ1) is 15.9. The summed E-state index contributed by atoms with van der Waals surface area (Å²) < 4.78 is 14.7. The molecule has 1 aromatic carbocycles. The van der Waals surface area contributed by atoms with E-state index in [9.17, 15) is 14.0 Å². The lowest BCUT2D eigenvalue weighted by Crippen LogP contribution is -2.31. The first-order chi connectivity index (χ1) is 12.6. The zero-order valence-electron chi connectivity index (χ0n) is 13.5. The van der Waals surface area contributed by atoms with E-state index < -0.39 is 6.03 Å². The molecule has 4 rings (SSSR count). The molecule has 0 unspecified atom stereocenters. The van der Waals surface area contributed by atoms with Crippen molar-refractivity contribution < 1.29 is 14.0 Å². The normalized spacial score (nSPS) is 14.0. The molecular formula is C17H13FN6O2. The molecule has 3 amide bonds. The van der Waals surface area contributed by atoms with Gasteiger partial charge in [0.15, 0.2) is 11.6 Å². The van der Waals surface area contributed by atoms with Crippen LogP contribution in [0.15, 0.2) is 48.8 Å². The van der Waals surface area contributed by atoms with Gasteiger partial charge in [0.25, 0.3) is 0 Å². The topological polar surface area (TPSA) is 93.0 Å². The van der Waals surface area contributed by atoms with E-state index in [1.807, 2.05) is 0 Å². The minimum atomic E-state index is -0.478. The first-order valence-corrected chi connectivity index (χ1v) is 7.82. The highest BCUT2D eigenvalue weighted by atomic mass is 19.1. The van der Waals surface area contributed by atoms with Gasteiger partial charge in [0.1, 0.15) is 5.82 Å². The van der Waals surface area contributed by atoms with Gasteiger partial charge in [-0.1, -0.05) is 0 Å². The number of nitrogens with one attached hydrogen (secondary N) is 1. The van der Waals surface area contributed by atoms with Crippen LogP contribution < -0.4 is 5.32 Å². The van der Waals surface area contributed by atoms with Crippen LogP contribution in [0.3, 0.4) is 0 Å². The number of urea groups is 1. The van der Waals surface area contributed by atoms with E-state index in [0.29, 0.717) is 17.3 Å². The van der Waals surface area contributed by atoms with Crippen LogP contribution in [0.4, 0.5) is 9.18 Å². The van der Waals surface area contributed by atoms with Gasteiger partial charge in [-0.2, -0.15) is 0 Å². The van der Waals surface area contributed by atoms with Gasteiger partial charge in [0, 0.05) is 18.0 Å². The minimum absolute atomic E-state index is 0.0409. The number of halogens is 1. The van der Waals surface area contributed by atoms with Crippen LogP contribution in [0.5, 0.6) is 0 Å². The Bertz CT molecular complexity index is 955. The Balaban J connectivity index is 1.77. The number of benzene rings is 1. The maximum absolute atomic E-state index is 13.2. The van der Waals surface area contributed by atoms with Gasteiger partial charge in [-0.15, -0.1) is 5.10 Å². The molecule has 3 aromatic rings. The molecule has 9 heteroatoms. The highest BCUT2D eigenvalue weighted by molar-refractivity contribution is 6.01. The average Bonchev–Trinajstić information content (AvgIpc) is 3.22. The van der Waals surface area contributed by atoms with Crippen LogP contribution in [-0.4, -0.2) is 43.1 Å². The Labute approximate surface area is 147 Å². The lowest BCUT2D eigenvalue weighted by molar-refractivity contribution is -0.125. The van der Waals surface area contributed by atoms with E-state index in [0.717, 1.165) is 10.5 Å². The van der Waals surface area contributed by atoms with Crippen molar-refractivity contribution in [1.29, 1.82) is 0 Å². The number of hydrogen-bond acceptors (Lipinski definition) is 5. The summed E-state index contributed by atoms with van der Waals surface area (Å²) in [6.07, 6.45) is 3.23. The van der Waals surface area contributed by atoms with E-state index in [2.05, 4.69) is 20.4 Å². The number of imide groups is 1. The summed E-state index contributed by atoms with van der Waals surface area (Å²) in [4.78, 5) is 33.2. The van der Waals surface area contributed by atoms with Gasteiger partial charge >= 0.3 is 6.03 Å². The third-order valence-electron chi connectivity index (χ3n) is 3.92. The van der Waals surface area contributed by atoms with Crippen molar-refractivity contribution in [1.82, 2.24) is 30.0 Å². The van der Waals surface area contributed by atoms with Crippen molar-refractivity contribution in [2.24, 2.45) is 0 Å². The fraction of sp³-hybridized carbons (Fsp3) is 0.118. The van der Waals surface area contributed by atoms with E-state index in [4.69, 9.17) is 0 Å². The molecule has 0 bridgehead atoms. The molecule has 3 heterocycles. The van der Waals surface area contributed by atoms with Gasteiger partial charge in [-0.3, -0.25) is 14.7 Å². The zero-order chi connectivity index (χ0) is 18.1. The van der Waals surface area contributed by atoms with Gasteiger partial charge < -0.3 is 5.32 Å². The Morgan fingerprint density at radius 1 is 1.08 bits per heavy atom. The number of carbonyl (C=O) groups is 2. The molecule has 0 atom stereocenters. The fourth-order valence-electron chi connectivity index (χ4n) is 2.62. The summed E-state index contributed by atoms with van der Waals surface area (Å²) in [6, 6.07) is 8.74. The molecule has 1 aliphatic rings. The van der Waals surface area contributed by atoms with Crippen LogP contribution >= 0.6 is 0 Å². The number of carbonyl (C=O) groups excluding carboxylic acids is 2. The zero-order valence-corrected chi connectivity index (χ0v) is 13.5. The molecular weight excluding hydrogens is 339 g/mol. The summed E-state index contributed by atoms with van der Waals surface area (Å²) in [6.45, 7) is -0.0825. The number of nitrogens with zero attached hydrogens (tertiary/aromatic N) is 5. The second-order valence-electron chi connectivity index (χ2n) is 5.61. The quantitative estimate of drug-likeness (QED) is 0.719. The van der Waals surface area contributed by atoms with Gasteiger partial charge in [0.05, 0.1) is 18.8 Å². The lowest BCUT2D eigenvalue weighted by Gasteiger charge is -2.12. The van der Waals surface area contributed by atoms with E-state index in [1.54, 1.807) is 36.7 Å². The number of aromatic nitrogens is 4. The highest BCUT2D eigenvalue weighted by Crippen LogP contribution is 2.19. The molecule has 0 spiro atoms. The third-order valence-corrected chi connectivity index (χ3v) is 3.92. The Morgan fingerprint density at radius 3 is 2.46 bits per heavy atom. The van der Waals surface area contributed by atoms with Crippen molar-refractivity contribution in [2.45, 2.75) is 6.54 Å². The third kappa shape index (κ3) is 2.90. The fourth-order valence-corrected chi connectivity index (χ4v) is 2.62. The van der Waals surface area contributed by atoms with Crippen molar-refractivity contribution in [3.63, 3.8) is 0 Å². The molecule has 1 N–H and O–H groups in total. The predicted molar refractivity (Wildman–Crippen MR) is 88.5 cm³/mol. The summed E-state index contributed by atoms with van der Waals surface area (Å²) >= 11 is 0. The summed E-state index contributed by atoms with van der Waals surface area (Å²) in [5, 5.41) is 6.93. The minimum Gasteiger partial charge on any atom is -0.329 e. The summed E-state index contributed by atoms with van der Waals surface area (Å²) in [7, 11) is 0. The van der Waals surface area contributed by atoms with E-state index >= 15 is 0 Å². The largest absolute Gasteiger partial charge is 0.329 e. The SMILES string of the molecule is O=C1CNC(=O)N1Cc1nc(-c2ccncc2)nn1-c1ccc(F)cc1. The summed E-state index contributed by atoms with van der Waals surface area (Å²) in [5.41, 5.74) is 1.31.